The molecule has 30 heavy (non-hydrogen) atoms. The summed E-state index contributed by atoms with van der Waals surface area (Å²) in [5.41, 5.74) is 0.540. The Bertz CT molecular complexity index is 702. The summed E-state index contributed by atoms with van der Waals surface area (Å²) < 4.78 is 16.4. The minimum absolute atomic E-state index is 0.0324. The third kappa shape index (κ3) is 6.79. The monoisotopic (exact) mass is 419 g/mol. The first-order valence-electron chi connectivity index (χ1n) is 10.7. The zero-order valence-electron chi connectivity index (χ0n) is 18.2. The van der Waals surface area contributed by atoms with Gasteiger partial charge >= 0.3 is 12.1 Å². The van der Waals surface area contributed by atoms with E-state index < -0.39 is 5.60 Å². The fourth-order valence-corrected chi connectivity index (χ4v) is 3.54. The van der Waals surface area contributed by atoms with Crippen molar-refractivity contribution in [2.24, 2.45) is 0 Å². The fourth-order valence-electron chi connectivity index (χ4n) is 3.54. The van der Waals surface area contributed by atoms with Crippen LogP contribution in [0.5, 0.6) is 5.75 Å². The molecular formula is C22H33N3O5. The quantitative estimate of drug-likeness (QED) is 0.734. The molecule has 166 valence electrons. The van der Waals surface area contributed by atoms with E-state index >= 15 is 0 Å². The molecule has 2 heterocycles. The molecule has 2 aliphatic heterocycles. The standard InChI is InChI=1S/C22H33N3O5/c1-22(2,3)30-20(26)16-28-18-6-4-17(5-7-18)24-12-14-25(15-13-24)21(27)29-19-8-10-23-11-9-19/h4-7,19,23H,8-16H2,1-3H3. The first-order chi connectivity index (χ1) is 14.3. The van der Waals surface area contributed by atoms with Crippen LogP contribution in [-0.2, 0) is 14.3 Å². The number of amides is 1. The van der Waals surface area contributed by atoms with Crippen molar-refractivity contribution in [3.8, 4) is 5.75 Å². The van der Waals surface area contributed by atoms with Crippen molar-refractivity contribution < 1.29 is 23.8 Å². The summed E-state index contributed by atoms with van der Waals surface area (Å²) in [5, 5.41) is 3.27. The minimum atomic E-state index is -0.521. The smallest absolute Gasteiger partial charge is 0.410 e. The second kappa shape index (κ2) is 10.0. The highest BCUT2D eigenvalue weighted by Crippen LogP contribution is 2.21. The summed E-state index contributed by atoms with van der Waals surface area (Å²) in [6, 6.07) is 7.62. The number of piperazine rings is 1. The van der Waals surface area contributed by atoms with Crippen molar-refractivity contribution in [1.82, 2.24) is 10.2 Å². The third-order valence-electron chi connectivity index (χ3n) is 5.07. The Hall–Kier alpha value is -2.48. The molecule has 0 radical (unpaired) electrons. The molecule has 2 aliphatic rings. The van der Waals surface area contributed by atoms with Crippen LogP contribution in [0.25, 0.3) is 0 Å². The molecule has 1 N–H and O–H groups in total. The first-order valence-corrected chi connectivity index (χ1v) is 10.7. The van der Waals surface area contributed by atoms with Gasteiger partial charge in [-0.15, -0.1) is 0 Å². The van der Waals surface area contributed by atoms with E-state index in [1.807, 2.05) is 45.0 Å². The summed E-state index contributed by atoms with van der Waals surface area (Å²) in [4.78, 5) is 28.2. The zero-order chi connectivity index (χ0) is 21.6. The number of anilines is 1. The molecule has 0 bridgehead atoms. The summed E-state index contributed by atoms with van der Waals surface area (Å²) in [7, 11) is 0. The van der Waals surface area contributed by atoms with Crippen LogP contribution in [0.4, 0.5) is 10.5 Å². The number of piperidine rings is 1. The lowest BCUT2D eigenvalue weighted by Gasteiger charge is -2.36. The van der Waals surface area contributed by atoms with Crippen LogP contribution in [0.3, 0.4) is 0 Å². The molecule has 2 fully saturated rings. The van der Waals surface area contributed by atoms with E-state index in [1.54, 1.807) is 4.90 Å². The Kier molecular flexibility index (Phi) is 7.42. The van der Waals surface area contributed by atoms with E-state index in [9.17, 15) is 9.59 Å². The van der Waals surface area contributed by atoms with Gasteiger partial charge in [0.25, 0.3) is 0 Å². The third-order valence-corrected chi connectivity index (χ3v) is 5.07. The average Bonchev–Trinajstić information content (AvgIpc) is 2.72. The van der Waals surface area contributed by atoms with E-state index in [0.717, 1.165) is 44.7 Å². The van der Waals surface area contributed by atoms with Gasteiger partial charge < -0.3 is 29.3 Å². The fraction of sp³-hybridized carbons (Fsp3) is 0.636. The van der Waals surface area contributed by atoms with Gasteiger partial charge in [-0.25, -0.2) is 9.59 Å². The van der Waals surface area contributed by atoms with E-state index in [1.165, 1.54) is 0 Å². The maximum atomic E-state index is 12.4. The molecule has 0 spiro atoms. The van der Waals surface area contributed by atoms with E-state index in [2.05, 4.69) is 10.2 Å². The van der Waals surface area contributed by atoms with Crippen molar-refractivity contribution >= 4 is 17.7 Å². The van der Waals surface area contributed by atoms with Crippen molar-refractivity contribution in [3.63, 3.8) is 0 Å². The molecule has 1 aromatic rings. The Balaban J connectivity index is 1.42. The van der Waals surface area contributed by atoms with Gasteiger partial charge in [0.05, 0.1) is 0 Å². The number of hydrogen-bond acceptors (Lipinski definition) is 7. The van der Waals surface area contributed by atoms with Crippen molar-refractivity contribution in [2.75, 3.05) is 50.8 Å². The molecule has 0 aromatic heterocycles. The van der Waals surface area contributed by atoms with Crippen molar-refractivity contribution in [1.29, 1.82) is 0 Å². The van der Waals surface area contributed by atoms with Crippen LogP contribution in [-0.4, -0.2) is 74.5 Å². The first kappa shape index (κ1) is 22.2. The van der Waals surface area contributed by atoms with Gasteiger partial charge in [-0.3, -0.25) is 0 Å². The highest BCUT2D eigenvalue weighted by molar-refractivity contribution is 5.71. The molecule has 8 nitrogen and oxygen atoms in total. The van der Waals surface area contributed by atoms with Gasteiger partial charge in [-0.05, 0) is 71.0 Å². The molecule has 0 atom stereocenters. The Labute approximate surface area is 178 Å². The lowest BCUT2D eigenvalue weighted by Crippen LogP contribution is -2.50. The average molecular weight is 420 g/mol. The molecule has 2 saturated heterocycles. The second-order valence-electron chi connectivity index (χ2n) is 8.68. The largest absolute Gasteiger partial charge is 0.482 e. The van der Waals surface area contributed by atoms with E-state index in [4.69, 9.17) is 14.2 Å². The summed E-state index contributed by atoms with van der Waals surface area (Å²) in [6.45, 7) is 9.95. The number of carbonyl (C=O) groups is 2. The number of ether oxygens (including phenoxy) is 3. The van der Waals surface area contributed by atoms with Crippen LogP contribution >= 0.6 is 0 Å². The molecule has 0 unspecified atom stereocenters. The molecule has 8 heteroatoms. The number of carbonyl (C=O) groups excluding carboxylic acids is 2. The molecule has 3 rings (SSSR count). The van der Waals surface area contributed by atoms with Gasteiger partial charge in [0, 0.05) is 31.9 Å². The molecule has 1 aromatic carbocycles. The van der Waals surface area contributed by atoms with E-state index in [0.29, 0.717) is 18.8 Å². The predicted molar refractivity (Wildman–Crippen MR) is 114 cm³/mol. The van der Waals surface area contributed by atoms with E-state index in [-0.39, 0.29) is 24.8 Å². The minimum Gasteiger partial charge on any atom is -0.482 e. The summed E-state index contributed by atoms with van der Waals surface area (Å²) >= 11 is 0. The van der Waals surface area contributed by atoms with Crippen LogP contribution in [0.15, 0.2) is 24.3 Å². The Morgan fingerprint density at radius 3 is 2.27 bits per heavy atom. The number of hydrogen-bond donors (Lipinski definition) is 1. The second-order valence-corrected chi connectivity index (χ2v) is 8.68. The van der Waals surface area contributed by atoms with Gasteiger partial charge in [0.15, 0.2) is 6.61 Å². The van der Waals surface area contributed by atoms with Gasteiger partial charge in [-0.1, -0.05) is 0 Å². The van der Waals surface area contributed by atoms with Crippen LogP contribution < -0.4 is 15.0 Å². The van der Waals surface area contributed by atoms with Crippen molar-refractivity contribution in [3.05, 3.63) is 24.3 Å². The Morgan fingerprint density at radius 1 is 1.03 bits per heavy atom. The number of benzene rings is 1. The number of rotatable bonds is 5. The maximum absolute atomic E-state index is 12.4. The zero-order valence-corrected chi connectivity index (χ0v) is 18.2. The van der Waals surface area contributed by atoms with Crippen molar-refractivity contribution in [2.45, 2.75) is 45.3 Å². The molecule has 1 amide bonds. The molecule has 0 saturated carbocycles. The summed E-state index contributed by atoms with van der Waals surface area (Å²) in [5.74, 6) is 0.230. The number of nitrogens with one attached hydrogen (secondary N) is 1. The lowest BCUT2D eigenvalue weighted by atomic mass is 10.1. The number of nitrogens with zero attached hydrogens (tertiary/aromatic N) is 2. The predicted octanol–water partition coefficient (Wildman–Crippen LogP) is 2.42. The highest BCUT2D eigenvalue weighted by atomic mass is 16.6. The van der Waals surface area contributed by atoms with Gasteiger partial charge in [-0.2, -0.15) is 0 Å². The van der Waals surface area contributed by atoms with Gasteiger partial charge in [0.2, 0.25) is 0 Å². The SMILES string of the molecule is CC(C)(C)OC(=O)COc1ccc(N2CCN(C(=O)OC3CCNCC3)CC2)cc1. The van der Waals surface area contributed by atoms with Gasteiger partial charge in [0.1, 0.15) is 17.5 Å². The van der Waals surface area contributed by atoms with Crippen LogP contribution in [0, 0.1) is 0 Å². The topological polar surface area (TPSA) is 80.3 Å². The number of esters is 1. The van der Waals surface area contributed by atoms with Crippen LogP contribution in [0.2, 0.25) is 0 Å². The molecule has 0 aliphatic carbocycles. The Morgan fingerprint density at radius 2 is 1.67 bits per heavy atom. The molecular weight excluding hydrogens is 386 g/mol. The maximum Gasteiger partial charge on any atom is 0.410 e. The highest BCUT2D eigenvalue weighted by Gasteiger charge is 2.25. The van der Waals surface area contributed by atoms with Crippen LogP contribution in [0.1, 0.15) is 33.6 Å². The summed E-state index contributed by atoms with van der Waals surface area (Å²) in [6.07, 6.45) is 1.60. The normalized spacial score (nSPS) is 18.1. The lowest BCUT2D eigenvalue weighted by molar-refractivity contribution is -0.157.